The minimum Gasteiger partial charge on any atom is -0.358 e. The summed E-state index contributed by atoms with van der Waals surface area (Å²) in [5.74, 6) is 0.603. The first-order valence-corrected chi connectivity index (χ1v) is 9.00. The molecule has 0 atom stereocenters. The van der Waals surface area contributed by atoms with Gasteiger partial charge >= 0.3 is 0 Å². The second-order valence-electron chi connectivity index (χ2n) is 7.48. The molecule has 0 spiro atoms. The summed E-state index contributed by atoms with van der Waals surface area (Å²) in [5.41, 5.74) is 5.14. The smallest absolute Gasteiger partial charge is 0.235 e. The first-order chi connectivity index (χ1) is 12.0. The van der Waals surface area contributed by atoms with Crippen LogP contribution in [0.25, 0.3) is 10.9 Å². The number of H-pyrrole nitrogens is 1. The largest absolute Gasteiger partial charge is 0.358 e. The molecule has 3 nitrogen and oxygen atoms in total. The van der Waals surface area contributed by atoms with Gasteiger partial charge in [0.15, 0.2) is 0 Å². The minimum atomic E-state index is -0.388. The second-order valence-corrected chi connectivity index (χ2v) is 7.48. The van der Waals surface area contributed by atoms with Crippen molar-refractivity contribution in [1.29, 1.82) is 0 Å². The van der Waals surface area contributed by atoms with Gasteiger partial charge in [-0.15, -0.1) is 0 Å². The number of amides is 1. The highest BCUT2D eigenvalue weighted by atomic mass is 16.2. The standard InChI is InChI=1S/C22H24N2O/c1-14(2)16-8-10-17(11-9-16)24-21(25)22(12-13-22)20-15(3)23-19-7-5-4-6-18(19)20/h4-11,14,23H,12-13H2,1-3H3,(H,24,25). The number of aryl methyl sites for hydroxylation is 1. The average molecular weight is 332 g/mol. The summed E-state index contributed by atoms with van der Waals surface area (Å²) in [6.45, 7) is 6.42. The molecule has 1 amide bonds. The van der Waals surface area contributed by atoms with Gasteiger partial charge in [0.05, 0.1) is 5.41 Å². The quantitative estimate of drug-likeness (QED) is 0.671. The number of nitrogens with one attached hydrogen (secondary N) is 2. The van der Waals surface area contributed by atoms with Crippen molar-refractivity contribution >= 4 is 22.5 Å². The molecule has 3 aromatic rings. The Kier molecular flexibility index (Phi) is 3.68. The van der Waals surface area contributed by atoms with E-state index in [0.717, 1.165) is 29.7 Å². The summed E-state index contributed by atoms with van der Waals surface area (Å²) in [4.78, 5) is 16.5. The van der Waals surface area contributed by atoms with E-state index in [1.807, 2.05) is 24.3 Å². The summed E-state index contributed by atoms with van der Waals surface area (Å²) in [6, 6.07) is 16.4. The van der Waals surface area contributed by atoms with Crippen LogP contribution in [0.3, 0.4) is 0 Å². The van der Waals surface area contributed by atoms with Crippen molar-refractivity contribution in [3.05, 3.63) is 65.4 Å². The fourth-order valence-corrected chi connectivity index (χ4v) is 3.81. The lowest BCUT2D eigenvalue weighted by atomic mass is 9.92. The molecule has 0 bridgehead atoms. The van der Waals surface area contributed by atoms with Crippen LogP contribution in [0.2, 0.25) is 0 Å². The van der Waals surface area contributed by atoms with Gasteiger partial charge in [-0.25, -0.2) is 0 Å². The number of fused-ring (bicyclic) bond motifs is 1. The third-order valence-electron chi connectivity index (χ3n) is 5.39. The van der Waals surface area contributed by atoms with Gasteiger partial charge in [-0.2, -0.15) is 0 Å². The minimum absolute atomic E-state index is 0.109. The topological polar surface area (TPSA) is 44.9 Å². The number of aromatic amines is 1. The Balaban J connectivity index is 1.64. The van der Waals surface area contributed by atoms with Gasteiger partial charge in [-0.1, -0.05) is 44.2 Å². The number of aromatic nitrogens is 1. The summed E-state index contributed by atoms with van der Waals surface area (Å²) >= 11 is 0. The van der Waals surface area contributed by atoms with Gasteiger partial charge in [0.25, 0.3) is 0 Å². The van der Waals surface area contributed by atoms with Crippen LogP contribution in [0.15, 0.2) is 48.5 Å². The molecule has 1 aliphatic carbocycles. The third-order valence-corrected chi connectivity index (χ3v) is 5.39. The average Bonchev–Trinajstić information content (AvgIpc) is 3.32. The Morgan fingerprint density at radius 3 is 2.40 bits per heavy atom. The molecule has 1 aliphatic rings. The number of hydrogen-bond donors (Lipinski definition) is 2. The zero-order chi connectivity index (χ0) is 17.6. The first-order valence-electron chi connectivity index (χ1n) is 9.00. The Morgan fingerprint density at radius 2 is 1.76 bits per heavy atom. The maximum atomic E-state index is 13.1. The van der Waals surface area contributed by atoms with Gasteiger partial charge in [0.2, 0.25) is 5.91 Å². The summed E-state index contributed by atoms with van der Waals surface area (Å²) in [5, 5.41) is 4.31. The lowest BCUT2D eigenvalue weighted by molar-refractivity contribution is -0.118. The van der Waals surface area contributed by atoms with Crippen LogP contribution < -0.4 is 5.32 Å². The van der Waals surface area contributed by atoms with Crippen LogP contribution in [-0.4, -0.2) is 10.9 Å². The maximum Gasteiger partial charge on any atom is 0.235 e. The molecule has 2 N–H and O–H groups in total. The Bertz CT molecular complexity index is 930. The molecule has 4 rings (SSSR count). The van der Waals surface area contributed by atoms with Gasteiger partial charge in [0.1, 0.15) is 0 Å². The van der Waals surface area contributed by atoms with Crippen LogP contribution in [0.4, 0.5) is 5.69 Å². The highest BCUT2D eigenvalue weighted by Crippen LogP contribution is 2.52. The molecule has 1 fully saturated rings. The molecular weight excluding hydrogens is 308 g/mol. The maximum absolute atomic E-state index is 13.1. The van der Waals surface area contributed by atoms with Gasteiger partial charge in [-0.05, 0) is 55.0 Å². The molecule has 128 valence electrons. The normalized spacial score (nSPS) is 15.5. The van der Waals surface area contributed by atoms with Crippen LogP contribution in [-0.2, 0) is 10.2 Å². The molecule has 0 unspecified atom stereocenters. The molecule has 1 saturated carbocycles. The molecule has 1 aromatic heterocycles. The van der Waals surface area contributed by atoms with Crippen molar-refractivity contribution in [2.75, 3.05) is 5.32 Å². The molecule has 0 saturated heterocycles. The van der Waals surface area contributed by atoms with Crippen LogP contribution >= 0.6 is 0 Å². The number of carbonyl (C=O) groups is 1. The number of carbonyl (C=O) groups excluding carboxylic acids is 1. The SMILES string of the molecule is Cc1[nH]c2ccccc2c1C1(C(=O)Nc2ccc(C(C)C)cc2)CC1. The van der Waals surface area contributed by atoms with Crippen molar-refractivity contribution in [3.8, 4) is 0 Å². The summed E-state index contributed by atoms with van der Waals surface area (Å²) < 4.78 is 0. The second kappa shape index (κ2) is 5.76. The molecule has 2 aromatic carbocycles. The highest BCUT2D eigenvalue weighted by molar-refractivity contribution is 6.05. The van der Waals surface area contributed by atoms with Crippen molar-refractivity contribution in [2.24, 2.45) is 0 Å². The molecular formula is C22H24N2O. The van der Waals surface area contributed by atoms with E-state index in [9.17, 15) is 4.79 Å². The van der Waals surface area contributed by atoms with Crippen molar-refractivity contribution in [2.45, 2.75) is 44.9 Å². The van der Waals surface area contributed by atoms with E-state index >= 15 is 0 Å². The van der Waals surface area contributed by atoms with Gasteiger partial charge in [0, 0.05) is 22.3 Å². The van der Waals surface area contributed by atoms with E-state index in [4.69, 9.17) is 0 Å². The number of para-hydroxylation sites is 1. The van der Waals surface area contributed by atoms with E-state index in [1.54, 1.807) is 0 Å². The predicted molar refractivity (Wildman–Crippen MR) is 103 cm³/mol. The van der Waals surface area contributed by atoms with Crippen LogP contribution in [0, 0.1) is 6.92 Å². The number of benzene rings is 2. The highest BCUT2D eigenvalue weighted by Gasteiger charge is 2.53. The van der Waals surface area contributed by atoms with E-state index in [1.165, 1.54) is 16.5 Å². The molecule has 0 aliphatic heterocycles. The van der Waals surface area contributed by atoms with Crippen LogP contribution in [0.5, 0.6) is 0 Å². The Morgan fingerprint density at radius 1 is 1.08 bits per heavy atom. The number of rotatable bonds is 4. The summed E-state index contributed by atoms with van der Waals surface area (Å²) in [7, 11) is 0. The Hall–Kier alpha value is -2.55. The fraction of sp³-hybridized carbons (Fsp3) is 0.318. The van der Waals surface area contributed by atoms with Crippen molar-refractivity contribution in [1.82, 2.24) is 4.98 Å². The monoisotopic (exact) mass is 332 g/mol. The van der Waals surface area contributed by atoms with Gasteiger partial charge in [-0.3, -0.25) is 4.79 Å². The molecule has 25 heavy (non-hydrogen) atoms. The van der Waals surface area contributed by atoms with E-state index in [0.29, 0.717) is 5.92 Å². The number of hydrogen-bond acceptors (Lipinski definition) is 1. The molecule has 1 heterocycles. The molecule has 3 heteroatoms. The van der Waals surface area contributed by atoms with Crippen molar-refractivity contribution < 1.29 is 4.79 Å². The lowest BCUT2D eigenvalue weighted by Gasteiger charge is -2.17. The van der Waals surface area contributed by atoms with Gasteiger partial charge < -0.3 is 10.3 Å². The lowest BCUT2D eigenvalue weighted by Crippen LogP contribution is -2.28. The van der Waals surface area contributed by atoms with Crippen LogP contribution in [0.1, 0.15) is 49.4 Å². The summed E-state index contributed by atoms with van der Waals surface area (Å²) in [6.07, 6.45) is 1.82. The number of anilines is 1. The molecule has 0 radical (unpaired) electrons. The third kappa shape index (κ3) is 2.64. The Labute approximate surface area is 148 Å². The fourth-order valence-electron chi connectivity index (χ4n) is 3.81. The predicted octanol–water partition coefficient (Wildman–Crippen LogP) is 5.27. The van der Waals surface area contributed by atoms with E-state index < -0.39 is 0 Å². The van der Waals surface area contributed by atoms with E-state index in [2.05, 4.69) is 55.3 Å². The van der Waals surface area contributed by atoms with Crippen molar-refractivity contribution in [3.63, 3.8) is 0 Å². The zero-order valence-electron chi connectivity index (χ0n) is 15.0. The zero-order valence-corrected chi connectivity index (χ0v) is 15.0. The van der Waals surface area contributed by atoms with E-state index in [-0.39, 0.29) is 11.3 Å². The first kappa shape index (κ1) is 15.9.